The van der Waals surface area contributed by atoms with Gasteiger partial charge in [0.25, 0.3) is 5.69 Å². The van der Waals surface area contributed by atoms with Crippen molar-refractivity contribution in [2.75, 3.05) is 31.1 Å². The SMILES string of the molecule is O=[N+]([O-])c1ccc(N2CCN(S(=O)(=O)c3cccc(F)c3)CC2)c(OC(F)F)c1. The number of halogens is 3. The summed E-state index contributed by atoms with van der Waals surface area (Å²) in [5.41, 5.74) is -0.213. The number of piperazine rings is 1. The van der Waals surface area contributed by atoms with Crippen molar-refractivity contribution in [2.45, 2.75) is 11.5 Å². The highest BCUT2D eigenvalue weighted by Gasteiger charge is 2.30. The third kappa shape index (κ3) is 4.59. The Labute approximate surface area is 164 Å². The van der Waals surface area contributed by atoms with Crippen LogP contribution in [0.1, 0.15) is 0 Å². The van der Waals surface area contributed by atoms with E-state index in [9.17, 15) is 31.7 Å². The van der Waals surface area contributed by atoms with Gasteiger partial charge in [-0.05, 0) is 24.3 Å². The van der Waals surface area contributed by atoms with Gasteiger partial charge in [0.15, 0.2) is 5.75 Å². The molecule has 0 radical (unpaired) electrons. The van der Waals surface area contributed by atoms with Crippen LogP contribution in [0.3, 0.4) is 0 Å². The minimum atomic E-state index is -3.91. The Hall–Kier alpha value is -2.86. The largest absolute Gasteiger partial charge is 0.432 e. The van der Waals surface area contributed by atoms with Gasteiger partial charge < -0.3 is 9.64 Å². The van der Waals surface area contributed by atoms with Crippen molar-refractivity contribution in [1.82, 2.24) is 4.31 Å². The maximum atomic E-state index is 13.4. The van der Waals surface area contributed by atoms with Crippen LogP contribution in [0.15, 0.2) is 47.4 Å². The van der Waals surface area contributed by atoms with Crippen molar-refractivity contribution in [1.29, 1.82) is 0 Å². The van der Waals surface area contributed by atoms with Crippen LogP contribution in [0, 0.1) is 15.9 Å². The molecule has 2 aromatic rings. The van der Waals surface area contributed by atoms with E-state index < -0.39 is 33.1 Å². The van der Waals surface area contributed by atoms with Gasteiger partial charge >= 0.3 is 6.61 Å². The first-order valence-electron chi connectivity index (χ1n) is 8.42. The lowest BCUT2D eigenvalue weighted by atomic mass is 10.2. The number of ether oxygens (including phenoxy) is 1. The van der Waals surface area contributed by atoms with E-state index >= 15 is 0 Å². The Morgan fingerprint density at radius 1 is 1.07 bits per heavy atom. The second kappa shape index (κ2) is 8.25. The molecule has 0 saturated carbocycles. The standard InChI is InChI=1S/C17H16F3N3O5S/c18-12-2-1-3-14(10-12)29(26,27)22-8-6-21(7-9-22)15-5-4-13(23(24)25)11-16(15)28-17(19)20/h1-5,10-11,17H,6-9H2. The first-order chi connectivity index (χ1) is 13.7. The van der Waals surface area contributed by atoms with Crippen LogP contribution in [-0.4, -0.2) is 50.4 Å². The van der Waals surface area contributed by atoms with Gasteiger partial charge in [0.1, 0.15) is 5.82 Å². The highest BCUT2D eigenvalue weighted by molar-refractivity contribution is 7.89. The molecule has 0 spiro atoms. The molecule has 1 fully saturated rings. The number of nitrogens with zero attached hydrogens (tertiary/aromatic N) is 3. The molecule has 3 rings (SSSR count). The number of hydrogen-bond donors (Lipinski definition) is 0. The molecular weight excluding hydrogens is 415 g/mol. The Kier molecular flexibility index (Phi) is 5.94. The first kappa shape index (κ1) is 20.9. The van der Waals surface area contributed by atoms with E-state index in [2.05, 4.69) is 4.74 Å². The normalized spacial score (nSPS) is 15.5. The summed E-state index contributed by atoms with van der Waals surface area (Å²) in [5, 5.41) is 10.9. The predicted molar refractivity (Wildman–Crippen MR) is 97.1 cm³/mol. The van der Waals surface area contributed by atoms with Crippen molar-refractivity contribution in [3.05, 3.63) is 58.4 Å². The highest BCUT2D eigenvalue weighted by Crippen LogP contribution is 2.34. The van der Waals surface area contributed by atoms with Crippen LogP contribution >= 0.6 is 0 Å². The quantitative estimate of drug-likeness (QED) is 0.516. The summed E-state index contributed by atoms with van der Waals surface area (Å²) in [7, 11) is -3.91. The average Bonchev–Trinajstić information content (AvgIpc) is 2.67. The molecule has 8 nitrogen and oxygen atoms in total. The summed E-state index contributed by atoms with van der Waals surface area (Å²) in [5.74, 6) is -1.04. The van der Waals surface area contributed by atoms with Crippen LogP contribution in [0.25, 0.3) is 0 Å². The molecule has 0 N–H and O–H groups in total. The number of hydrogen-bond acceptors (Lipinski definition) is 6. The van der Waals surface area contributed by atoms with Crippen LogP contribution in [0.5, 0.6) is 5.75 Å². The third-order valence-electron chi connectivity index (χ3n) is 4.38. The Balaban J connectivity index is 1.79. The highest BCUT2D eigenvalue weighted by atomic mass is 32.2. The van der Waals surface area contributed by atoms with Crippen molar-refractivity contribution in [3.8, 4) is 5.75 Å². The number of sulfonamides is 1. The molecule has 0 unspecified atom stereocenters. The lowest BCUT2D eigenvalue weighted by Gasteiger charge is -2.35. The number of benzene rings is 2. The van der Waals surface area contributed by atoms with Gasteiger partial charge in [-0.15, -0.1) is 0 Å². The van der Waals surface area contributed by atoms with Gasteiger partial charge in [-0.25, -0.2) is 12.8 Å². The van der Waals surface area contributed by atoms with E-state index in [-0.39, 0.29) is 42.5 Å². The van der Waals surface area contributed by atoms with Crippen molar-refractivity contribution < 1.29 is 31.2 Å². The van der Waals surface area contributed by atoms with E-state index in [1.165, 1.54) is 18.2 Å². The molecule has 0 aromatic heterocycles. The van der Waals surface area contributed by atoms with Crippen molar-refractivity contribution in [3.63, 3.8) is 0 Å². The van der Waals surface area contributed by atoms with Crippen molar-refractivity contribution >= 4 is 21.4 Å². The van der Waals surface area contributed by atoms with Crippen molar-refractivity contribution in [2.24, 2.45) is 0 Å². The molecule has 2 aromatic carbocycles. The first-order valence-corrected chi connectivity index (χ1v) is 9.86. The van der Waals surface area contributed by atoms with E-state index in [1.807, 2.05) is 0 Å². The van der Waals surface area contributed by atoms with E-state index in [4.69, 9.17) is 0 Å². The zero-order chi connectivity index (χ0) is 21.2. The monoisotopic (exact) mass is 431 g/mol. The van der Waals surface area contributed by atoms with Gasteiger partial charge in [0.2, 0.25) is 10.0 Å². The number of anilines is 1. The smallest absolute Gasteiger partial charge is 0.387 e. The molecule has 1 aliphatic rings. The molecule has 0 atom stereocenters. The van der Waals surface area contributed by atoms with Crippen LogP contribution in [-0.2, 0) is 10.0 Å². The fourth-order valence-electron chi connectivity index (χ4n) is 3.01. The van der Waals surface area contributed by atoms with Crippen LogP contribution < -0.4 is 9.64 Å². The summed E-state index contributed by atoms with van der Waals surface area (Å²) < 4.78 is 69.7. The Bertz CT molecular complexity index is 1010. The van der Waals surface area contributed by atoms with Crippen LogP contribution in [0.4, 0.5) is 24.5 Å². The topological polar surface area (TPSA) is 93.0 Å². The van der Waals surface area contributed by atoms with Gasteiger partial charge in [0, 0.05) is 32.2 Å². The molecule has 156 valence electrons. The van der Waals surface area contributed by atoms with E-state index in [0.29, 0.717) is 0 Å². The summed E-state index contributed by atoms with van der Waals surface area (Å²) in [6, 6.07) is 7.98. The molecule has 0 aliphatic carbocycles. The summed E-state index contributed by atoms with van der Waals surface area (Å²) in [6.45, 7) is -2.88. The van der Waals surface area contributed by atoms with E-state index in [1.54, 1.807) is 4.90 Å². The molecule has 12 heteroatoms. The summed E-state index contributed by atoms with van der Waals surface area (Å²) in [6.07, 6.45) is 0. The molecule has 0 bridgehead atoms. The fraction of sp³-hybridized carbons (Fsp3) is 0.294. The van der Waals surface area contributed by atoms with E-state index in [0.717, 1.165) is 28.6 Å². The Morgan fingerprint density at radius 3 is 2.34 bits per heavy atom. The molecule has 0 amide bonds. The number of nitro benzene ring substituents is 1. The number of nitro groups is 1. The molecule has 1 heterocycles. The minimum absolute atomic E-state index is 0.0178. The summed E-state index contributed by atoms with van der Waals surface area (Å²) in [4.78, 5) is 11.6. The lowest BCUT2D eigenvalue weighted by molar-refractivity contribution is -0.385. The second-order valence-electron chi connectivity index (χ2n) is 6.14. The minimum Gasteiger partial charge on any atom is -0.432 e. The number of rotatable bonds is 6. The van der Waals surface area contributed by atoms with Gasteiger partial charge in [-0.3, -0.25) is 10.1 Å². The second-order valence-corrected chi connectivity index (χ2v) is 8.07. The van der Waals surface area contributed by atoms with Gasteiger partial charge in [-0.1, -0.05) is 6.07 Å². The molecule has 29 heavy (non-hydrogen) atoms. The molecular formula is C17H16F3N3O5S. The van der Waals surface area contributed by atoms with Gasteiger partial charge in [-0.2, -0.15) is 13.1 Å². The maximum Gasteiger partial charge on any atom is 0.387 e. The zero-order valence-corrected chi connectivity index (χ0v) is 15.7. The molecule has 1 aliphatic heterocycles. The lowest BCUT2D eigenvalue weighted by Crippen LogP contribution is -2.48. The predicted octanol–water partition coefficient (Wildman–Crippen LogP) is 2.85. The summed E-state index contributed by atoms with van der Waals surface area (Å²) >= 11 is 0. The average molecular weight is 431 g/mol. The number of alkyl halides is 2. The third-order valence-corrected chi connectivity index (χ3v) is 6.28. The van der Waals surface area contributed by atoms with Gasteiger partial charge in [0.05, 0.1) is 21.6 Å². The Morgan fingerprint density at radius 2 is 1.76 bits per heavy atom. The zero-order valence-electron chi connectivity index (χ0n) is 14.9. The maximum absolute atomic E-state index is 13.4. The molecule has 1 saturated heterocycles. The fourth-order valence-corrected chi connectivity index (χ4v) is 4.47. The number of non-ortho nitro benzene ring substituents is 1. The van der Waals surface area contributed by atoms with Crippen LogP contribution in [0.2, 0.25) is 0 Å².